The molecule has 1 unspecified atom stereocenters. The quantitative estimate of drug-likeness (QED) is 0.433. The number of nitrogens with one attached hydrogen (secondary N) is 3. The number of amides is 2. The summed E-state index contributed by atoms with van der Waals surface area (Å²) in [4.78, 5) is 15.9. The van der Waals surface area contributed by atoms with Crippen LogP contribution < -0.4 is 22.1 Å². The van der Waals surface area contributed by atoms with Crippen molar-refractivity contribution in [3.63, 3.8) is 0 Å². The van der Waals surface area contributed by atoms with Gasteiger partial charge in [0.2, 0.25) is 0 Å². The average Bonchev–Trinajstić information content (AvgIpc) is 2.49. The van der Waals surface area contributed by atoms with Gasteiger partial charge in [0.15, 0.2) is 11.6 Å². The number of pyridine rings is 1. The van der Waals surface area contributed by atoms with Gasteiger partial charge < -0.3 is 16.8 Å². The maximum Gasteiger partial charge on any atom is 0.320 e. The third-order valence-electron chi connectivity index (χ3n) is 3.26. The third-order valence-corrected chi connectivity index (χ3v) is 3.26. The van der Waals surface area contributed by atoms with Crippen molar-refractivity contribution < 1.29 is 13.6 Å². The van der Waals surface area contributed by atoms with E-state index in [2.05, 4.69) is 15.6 Å². The Hall–Kier alpha value is -3.23. The highest BCUT2D eigenvalue weighted by molar-refractivity contribution is 6.00. The summed E-state index contributed by atoms with van der Waals surface area (Å²) in [7, 11) is 0. The Labute approximate surface area is 136 Å². The zero-order valence-electron chi connectivity index (χ0n) is 12.7. The van der Waals surface area contributed by atoms with E-state index < -0.39 is 23.7 Å². The van der Waals surface area contributed by atoms with Gasteiger partial charge in [-0.3, -0.25) is 10.7 Å². The zero-order chi connectivity index (χ0) is 17.9. The highest BCUT2D eigenvalue weighted by Gasteiger charge is 2.13. The molecule has 0 aliphatic carbocycles. The number of carbonyl (C=O) groups excluding carboxylic acids is 1. The normalized spacial score (nSPS) is 11.6. The molecule has 0 saturated heterocycles. The summed E-state index contributed by atoms with van der Waals surface area (Å²) in [5.41, 5.74) is 11.9. The first-order chi connectivity index (χ1) is 11.3. The molecule has 24 heavy (non-hydrogen) atoms. The fraction of sp³-hybridized carbons (Fsp3) is 0.133. The van der Waals surface area contributed by atoms with Gasteiger partial charge in [-0.25, -0.2) is 18.6 Å². The number of carbonyl (C=O) groups is 1. The second kappa shape index (κ2) is 6.90. The van der Waals surface area contributed by atoms with E-state index in [1.165, 1.54) is 18.3 Å². The largest absolute Gasteiger partial charge is 0.398 e. The molecule has 7 N–H and O–H groups in total. The molecular formula is C15H16F2N6O. The van der Waals surface area contributed by atoms with Crippen LogP contribution in [0, 0.1) is 17.0 Å². The highest BCUT2D eigenvalue weighted by atomic mass is 19.2. The summed E-state index contributed by atoms with van der Waals surface area (Å²) in [5, 5.41) is 12.3. The first-order valence-electron chi connectivity index (χ1n) is 6.90. The van der Waals surface area contributed by atoms with E-state index >= 15 is 0 Å². The van der Waals surface area contributed by atoms with Gasteiger partial charge in [0.05, 0.1) is 11.6 Å². The Morgan fingerprint density at radius 2 is 2.00 bits per heavy atom. The van der Waals surface area contributed by atoms with Crippen molar-refractivity contribution in [2.45, 2.75) is 13.0 Å². The van der Waals surface area contributed by atoms with E-state index in [0.717, 1.165) is 12.1 Å². The SMILES string of the molecule is CC(NC(=O)Nc1cc(N)c(C(=N)N)cn1)c1ccc(F)c(F)c1. The fourth-order valence-corrected chi connectivity index (χ4v) is 1.98. The van der Waals surface area contributed by atoms with E-state index in [1.807, 2.05) is 0 Å². The molecule has 0 fully saturated rings. The monoisotopic (exact) mass is 334 g/mol. The lowest BCUT2D eigenvalue weighted by molar-refractivity contribution is 0.249. The molecule has 1 atom stereocenters. The zero-order valence-corrected chi connectivity index (χ0v) is 12.7. The number of halogens is 2. The van der Waals surface area contributed by atoms with Crippen LogP contribution in [0.1, 0.15) is 24.1 Å². The number of amidine groups is 1. The van der Waals surface area contributed by atoms with Crippen molar-refractivity contribution in [2.24, 2.45) is 5.73 Å². The second-order valence-electron chi connectivity index (χ2n) is 5.06. The Morgan fingerprint density at radius 3 is 2.58 bits per heavy atom. The molecule has 0 aliphatic heterocycles. The molecule has 0 aliphatic rings. The van der Waals surface area contributed by atoms with Crippen LogP contribution in [0.5, 0.6) is 0 Å². The number of nitrogens with two attached hydrogens (primary N) is 2. The number of anilines is 2. The summed E-state index contributed by atoms with van der Waals surface area (Å²) < 4.78 is 26.1. The molecule has 2 rings (SSSR count). The van der Waals surface area contributed by atoms with Crippen LogP contribution in [0.4, 0.5) is 25.1 Å². The molecule has 126 valence electrons. The summed E-state index contributed by atoms with van der Waals surface area (Å²) in [6, 6.07) is 3.57. The number of hydrogen-bond acceptors (Lipinski definition) is 4. The number of urea groups is 1. The van der Waals surface area contributed by atoms with Crippen molar-refractivity contribution in [3.8, 4) is 0 Å². The van der Waals surface area contributed by atoms with Crippen molar-refractivity contribution in [1.29, 1.82) is 5.41 Å². The number of nitrogen functional groups attached to an aromatic ring is 2. The van der Waals surface area contributed by atoms with Gasteiger partial charge in [-0.1, -0.05) is 6.07 Å². The Balaban J connectivity index is 2.03. The van der Waals surface area contributed by atoms with Gasteiger partial charge in [0, 0.05) is 18.0 Å². The molecule has 1 aromatic heterocycles. The average molecular weight is 334 g/mol. The van der Waals surface area contributed by atoms with Crippen LogP contribution in [0.15, 0.2) is 30.5 Å². The number of nitrogens with zero attached hydrogens (tertiary/aromatic N) is 1. The van der Waals surface area contributed by atoms with Crippen molar-refractivity contribution >= 4 is 23.4 Å². The van der Waals surface area contributed by atoms with Gasteiger partial charge >= 0.3 is 6.03 Å². The Morgan fingerprint density at radius 1 is 1.29 bits per heavy atom. The molecule has 0 radical (unpaired) electrons. The minimum absolute atomic E-state index is 0.160. The lowest BCUT2D eigenvalue weighted by Gasteiger charge is -2.15. The Bertz CT molecular complexity index is 796. The molecule has 7 nitrogen and oxygen atoms in total. The summed E-state index contributed by atoms with van der Waals surface area (Å²) in [6.45, 7) is 1.62. The van der Waals surface area contributed by atoms with Crippen LogP contribution >= 0.6 is 0 Å². The number of aromatic nitrogens is 1. The highest BCUT2D eigenvalue weighted by Crippen LogP contribution is 2.17. The summed E-state index contributed by atoms with van der Waals surface area (Å²) >= 11 is 0. The van der Waals surface area contributed by atoms with E-state index in [4.69, 9.17) is 16.9 Å². The molecular weight excluding hydrogens is 318 g/mol. The first kappa shape index (κ1) is 17.1. The smallest absolute Gasteiger partial charge is 0.320 e. The van der Waals surface area contributed by atoms with E-state index in [9.17, 15) is 13.6 Å². The predicted octanol–water partition coefficient (Wildman–Crippen LogP) is 2.11. The van der Waals surface area contributed by atoms with Gasteiger partial charge in [0.25, 0.3) is 0 Å². The number of benzene rings is 1. The molecule has 9 heteroatoms. The predicted molar refractivity (Wildman–Crippen MR) is 86.6 cm³/mol. The van der Waals surface area contributed by atoms with E-state index in [1.54, 1.807) is 6.92 Å². The Kier molecular flexibility index (Phi) is 4.93. The van der Waals surface area contributed by atoms with Gasteiger partial charge in [-0.05, 0) is 24.6 Å². The molecule has 1 heterocycles. The molecule has 2 aromatic rings. The minimum Gasteiger partial charge on any atom is -0.398 e. The van der Waals surface area contributed by atoms with Crippen LogP contribution in [-0.2, 0) is 0 Å². The van der Waals surface area contributed by atoms with E-state index in [-0.39, 0.29) is 22.9 Å². The molecule has 1 aromatic carbocycles. The van der Waals surface area contributed by atoms with Gasteiger partial charge in [0.1, 0.15) is 11.7 Å². The van der Waals surface area contributed by atoms with Crippen LogP contribution in [0.2, 0.25) is 0 Å². The van der Waals surface area contributed by atoms with Crippen LogP contribution in [0.3, 0.4) is 0 Å². The molecule has 0 spiro atoms. The van der Waals surface area contributed by atoms with Crippen LogP contribution in [0.25, 0.3) is 0 Å². The molecule has 2 amide bonds. The maximum atomic E-state index is 13.2. The summed E-state index contributed by atoms with van der Waals surface area (Å²) in [6.07, 6.45) is 1.27. The van der Waals surface area contributed by atoms with E-state index in [0.29, 0.717) is 5.56 Å². The van der Waals surface area contributed by atoms with Crippen LogP contribution in [-0.4, -0.2) is 16.9 Å². The lowest BCUT2D eigenvalue weighted by atomic mass is 10.1. The molecule has 0 saturated carbocycles. The second-order valence-corrected chi connectivity index (χ2v) is 5.06. The lowest BCUT2D eigenvalue weighted by Crippen LogP contribution is -2.31. The van der Waals surface area contributed by atoms with Gasteiger partial charge in [-0.15, -0.1) is 0 Å². The first-order valence-corrected chi connectivity index (χ1v) is 6.90. The topological polar surface area (TPSA) is 130 Å². The van der Waals surface area contributed by atoms with Crippen molar-refractivity contribution in [1.82, 2.24) is 10.3 Å². The standard InChI is InChI=1S/C15H16F2N6O/c1-7(8-2-3-10(16)11(17)4-8)22-15(24)23-13-5-12(18)9(6-21-13)14(19)20/h2-7H,1H3,(H3,19,20)(H4,18,21,22,23,24). The third kappa shape index (κ3) is 3.94. The van der Waals surface area contributed by atoms with Gasteiger partial charge in [-0.2, -0.15) is 0 Å². The van der Waals surface area contributed by atoms with Crippen molar-refractivity contribution in [2.75, 3.05) is 11.1 Å². The number of rotatable bonds is 4. The van der Waals surface area contributed by atoms with Crippen molar-refractivity contribution in [3.05, 3.63) is 53.2 Å². The molecule has 0 bridgehead atoms. The summed E-state index contributed by atoms with van der Waals surface area (Å²) in [5.74, 6) is -2.02. The number of hydrogen-bond donors (Lipinski definition) is 5. The fourth-order valence-electron chi connectivity index (χ4n) is 1.98. The minimum atomic E-state index is -0.990. The maximum absolute atomic E-state index is 13.2.